The summed E-state index contributed by atoms with van der Waals surface area (Å²) in [5.41, 5.74) is 4.97. The summed E-state index contributed by atoms with van der Waals surface area (Å²) in [6.07, 6.45) is 9.77. The van der Waals surface area contributed by atoms with Crippen LogP contribution in [0.5, 0.6) is 0 Å². The van der Waals surface area contributed by atoms with Gasteiger partial charge >= 0.3 is 0 Å². The minimum atomic E-state index is 0.108. The summed E-state index contributed by atoms with van der Waals surface area (Å²) in [5, 5.41) is 1.29. The van der Waals surface area contributed by atoms with Crippen LogP contribution >= 0.6 is 11.3 Å². The quantitative estimate of drug-likeness (QED) is 0.493. The van der Waals surface area contributed by atoms with Crippen LogP contribution in [0.15, 0.2) is 22.8 Å². The number of hydrogen-bond acceptors (Lipinski definition) is 6. The number of amides is 1. The monoisotopic (exact) mass is 525 g/mol. The highest BCUT2D eigenvalue weighted by molar-refractivity contribution is 7.16. The third kappa shape index (κ3) is 5.19. The molecule has 2 aliphatic heterocycles. The number of ketones is 1. The Balaban J connectivity index is 1.31. The minimum Gasteiger partial charge on any atom is -0.379 e. The molecular weight excluding hydrogens is 482 g/mol. The molecule has 5 rings (SSSR count). The zero-order valence-electron chi connectivity index (χ0n) is 23.3. The third-order valence-corrected chi connectivity index (χ3v) is 10.4. The number of thiophene rings is 1. The molecule has 0 N–H and O–H groups in total. The number of anilines is 1. The Bertz CT molecular complexity index is 1110. The summed E-state index contributed by atoms with van der Waals surface area (Å²) in [6.45, 7) is 12.7. The molecule has 2 aliphatic carbocycles. The summed E-state index contributed by atoms with van der Waals surface area (Å²) in [6, 6.07) is 1.23. The van der Waals surface area contributed by atoms with Gasteiger partial charge in [-0.2, -0.15) is 0 Å². The fourth-order valence-electron chi connectivity index (χ4n) is 6.84. The molecule has 1 amide bonds. The molecule has 1 aromatic rings. The SMILES string of the molecule is CCN(c1sc2c(c1C)C(=O)N(CC1=C(C)C=C(C)CC1=O)CCC2)C1CCC(N2CC(OC)C2)CC1. The maximum Gasteiger partial charge on any atom is 0.255 e. The Hall–Kier alpha value is -1.96. The zero-order chi connectivity index (χ0) is 26.3. The normalized spacial score (nSPS) is 25.6. The molecule has 0 spiro atoms. The van der Waals surface area contributed by atoms with Crippen molar-refractivity contribution in [2.75, 3.05) is 44.7 Å². The Labute approximate surface area is 226 Å². The lowest BCUT2D eigenvalue weighted by molar-refractivity contribution is -0.115. The second kappa shape index (κ2) is 11.0. The van der Waals surface area contributed by atoms with Gasteiger partial charge in [-0.3, -0.25) is 14.5 Å². The predicted molar refractivity (Wildman–Crippen MR) is 151 cm³/mol. The molecule has 1 aromatic heterocycles. The molecule has 3 heterocycles. The standard InChI is InChI=1S/C30H43N3O3S/c1-6-33(23-11-9-22(10-12-23)32-16-24(17-32)36-5)30-21(4)28-27(37-30)8-7-13-31(29(28)35)18-25-20(3)14-19(2)15-26(25)34/h14,22-24H,6-13,15-18H2,1-5H3. The van der Waals surface area contributed by atoms with Gasteiger partial charge in [0.2, 0.25) is 0 Å². The van der Waals surface area contributed by atoms with Gasteiger partial charge in [-0.05, 0) is 77.4 Å². The van der Waals surface area contributed by atoms with E-state index in [2.05, 4.69) is 29.7 Å². The number of carbonyl (C=O) groups excluding carboxylic acids is 2. The highest BCUT2D eigenvalue weighted by atomic mass is 32.1. The lowest BCUT2D eigenvalue weighted by atomic mass is 9.87. The van der Waals surface area contributed by atoms with Crippen LogP contribution in [0.4, 0.5) is 5.00 Å². The van der Waals surface area contributed by atoms with Gasteiger partial charge in [-0.25, -0.2) is 0 Å². The summed E-state index contributed by atoms with van der Waals surface area (Å²) in [5.74, 6) is 0.276. The van der Waals surface area contributed by atoms with Crippen molar-refractivity contribution in [2.45, 2.75) is 90.8 Å². The number of hydrogen-bond donors (Lipinski definition) is 0. The highest BCUT2D eigenvalue weighted by Gasteiger charge is 2.37. The molecule has 4 aliphatic rings. The molecule has 7 heteroatoms. The van der Waals surface area contributed by atoms with Crippen LogP contribution in [-0.4, -0.2) is 79.5 Å². The smallest absolute Gasteiger partial charge is 0.255 e. The van der Waals surface area contributed by atoms with Crippen molar-refractivity contribution in [3.8, 4) is 0 Å². The first-order chi connectivity index (χ1) is 17.8. The largest absolute Gasteiger partial charge is 0.379 e. The van der Waals surface area contributed by atoms with Gasteiger partial charge in [-0.1, -0.05) is 11.6 Å². The van der Waals surface area contributed by atoms with Gasteiger partial charge in [0.1, 0.15) is 0 Å². The summed E-state index contributed by atoms with van der Waals surface area (Å²) in [7, 11) is 1.82. The summed E-state index contributed by atoms with van der Waals surface area (Å²) in [4.78, 5) is 35.0. The van der Waals surface area contributed by atoms with E-state index in [-0.39, 0.29) is 11.7 Å². The van der Waals surface area contributed by atoms with E-state index in [1.54, 1.807) is 0 Å². The van der Waals surface area contributed by atoms with Crippen LogP contribution in [0, 0.1) is 6.92 Å². The molecule has 0 aromatic carbocycles. The van der Waals surface area contributed by atoms with E-state index in [1.165, 1.54) is 35.6 Å². The van der Waals surface area contributed by atoms with Crippen LogP contribution in [0.25, 0.3) is 0 Å². The Morgan fingerprint density at radius 3 is 2.49 bits per heavy atom. The first-order valence-electron chi connectivity index (χ1n) is 14.2. The molecule has 0 bridgehead atoms. The molecule has 1 saturated heterocycles. The van der Waals surface area contributed by atoms with E-state index in [0.717, 1.165) is 60.3 Å². The average molecular weight is 526 g/mol. The first kappa shape index (κ1) is 26.6. The van der Waals surface area contributed by atoms with Gasteiger partial charge < -0.3 is 14.5 Å². The Morgan fingerprint density at radius 2 is 1.84 bits per heavy atom. The number of rotatable bonds is 7. The summed E-state index contributed by atoms with van der Waals surface area (Å²) < 4.78 is 5.48. The maximum atomic E-state index is 13.9. The van der Waals surface area contributed by atoms with E-state index < -0.39 is 0 Å². The van der Waals surface area contributed by atoms with Gasteiger partial charge in [0, 0.05) is 68.8 Å². The predicted octanol–water partition coefficient (Wildman–Crippen LogP) is 5.15. The number of allylic oxidation sites excluding steroid dienone is 3. The minimum absolute atomic E-state index is 0.108. The highest BCUT2D eigenvalue weighted by Crippen LogP contribution is 2.41. The van der Waals surface area contributed by atoms with E-state index in [9.17, 15) is 9.59 Å². The number of fused-ring (bicyclic) bond motifs is 1. The van der Waals surface area contributed by atoms with E-state index in [1.807, 2.05) is 37.2 Å². The number of likely N-dealkylation sites (tertiary alicyclic amines) is 1. The number of Topliss-reactive ketones (excluding diaryl/α,β-unsaturated/α-hetero) is 1. The number of nitrogens with zero attached hydrogens (tertiary/aromatic N) is 3. The Morgan fingerprint density at radius 1 is 1.11 bits per heavy atom. The van der Waals surface area contributed by atoms with Gasteiger partial charge in [0.15, 0.2) is 5.78 Å². The lowest BCUT2D eigenvalue weighted by Gasteiger charge is -2.47. The van der Waals surface area contributed by atoms with Crippen molar-refractivity contribution in [3.63, 3.8) is 0 Å². The van der Waals surface area contributed by atoms with Gasteiger partial charge in [-0.15, -0.1) is 11.3 Å². The topological polar surface area (TPSA) is 53.1 Å². The second-order valence-electron chi connectivity index (χ2n) is 11.5. The van der Waals surface area contributed by atoms with E-state index in [4.69, 9.17) is 4.74 Å². The average Bonchev–Trinajstić information content (AvgIpc) is 3.07. The molecule has 37 heavy (non-hydrogen) atoms. The van der Waals surface area contributed by atoms with Crippen LogP contribution in [0.2, 0.25) is 0 Å². The van der Waals surface area contributed by atoms with Crippen molar-refractivity contribution in [3.05, 3.63) is 38.8 Å². The van der Waals surface area contributed by atoms with Gasteiger partial charge in [0.05, 0.1) is 16.7 Å². The molecule has 0 radical (unpaired) electrons. The molecule has 1 saturated carbocycles. The maximum absolute atomic E-state index is 13.9. The van der Waals surface area contributed by atoms with Crippen molar-refractivity contribution in [1.82, 2.24) is 9.80 Å². The van der Waals surface area contributed by atoms with Crippen LogP contribution in [0.3, 0.4) is 0 Å². The first-order valence-corrected chi connectivity index (χ1v) is 15.0. The molecular formula is C30H43N3O3S. The number of aryl methyl sites for hydroxylation is 1. The summed E-state index contributed by atoms with van der Waals surface area (Å²) >= 11 is 1.84. The van der Waals surface area contributed by atoms with Crippen molar-refractivity contribution in [2.24, 2.45) is 0 Å². The second-order valence-corrected chi connectivity index (χ2v) is 12.6. The number of methoxy groups -OCH3 is 1. The van der Waals surface area contributed by atoms with Crippen molar-refractivity contribution in [1.29, 1.82) is 0 Å². The molecule has 202 valence electrons. The van der Waals surface area contributed by atoms with Crippen LogP contribution < -0.4 is 4.90 Å². The zero-order valence-corrected chi connectivity index (χ0v) is 24.1. The van der Waals surface area contributed by atoms with Crippen LogP contribution in [0.1, 0.15) is 80.1 Å². The van der Waals surface area contributed by atoms with Crippen LogP contribution in [-0.2, 0) is 16.0 Å². The molecule has 6 nitrogen and oxygen atoms in total. The number of carbonyl (C=O) groups is 2. The van der Waals surface area contributed by atoms with Crippen molar-refractivity contribution >= 4 is 28.0 Å². The fourth-order valence-corrected chi connectivity index (χ4v) is 8.31. The Kier molecular flexibility index (Phi) is 7.94. The molecule has 2 fully saturated rings. The van der Waals surface area contributed by atoms with E-state index in [0.29, 0.717) is 37.7 Å². The fraction of sp³-hybridized carbons (Fsp3) is 0.667. The van der Waals surface area contributed by atoms with Gasteiger partial charge in [0.25, 0.3) is 5.91 Å². The lowest BCUT2D eigenvalue weighted by Crippen LogP contribution is -2.57. The van der Waals surface area contributed by atoms with Crippen molar-refractivity contribution < 1.29 is 14.3 Å². The number of ether oxygens (including phenoxy) is 1. The molecule has 0 atom stereocenters. The van der Waals surface area contributed by atoms with E-state index >= 15 is 0 Å². The molecule has 0 unspecified atom stereocenters. The third-order valence-electron chi connectivity index (χ3n) is 9.03.